The number of benzene rings is 2. The van der Waals surface area contributed by atoms with Crippen LogP contribution in [0.4, 0.5) is 0 Å². The quantitative estimate of drug-likeness (QED) is 0.642. The molecule has 0 N–H and O–H groups in total. The Morgan fingerprint density at radius 3 is 2.45 bits per heavy atom. The van der Waals surface area contributed by atoms with Gasteiger partial charge in [0.1, 0.15) is 6.61 Å². The first-order valence-corrected chi connectivity index (χ1v) is 10.5. The van der Waals surface area contributed by atoms with Gasteiger partial charge in [0.25, 0.3) is 5.91 Å². The molecule has 160 valence electrons. The average molecular weight is 420 g/mol. The Morgan fingerprint density at radius 2 is 1.68 bits per heavy atom. The molecule has 0 aliphatic carbocycles. The van der Waals surface area contributed by atoms with Gasteiger partial charge in [0.2, 0.25) is 17.9 Å². The van der Waals surface area contributed by atoms with Crippen molar-refractivity contribution in [2.75, 3.05) is 32.8 Å². The van der Waals surface area contributed by atoms with Gasteiger partial charge in [-0.3, -0.25) is 9.69 Å². The van der Waals surface area contributed by atoms with E-state index in [4.69, 9.17) is 13.9 Å². The maximum absolute atomic E-state index is 12.9. The second kappa shape index (κ2) is 8.39. The van der Waals surface area contributed by atoms with Gasteiger partial charge in [-0.2, -0.15) is 0 Å². The highest BCUT2D eigenvalue weighted by Gasteiger charge is 2.34. The fourth-order valence-electron chi connectivity index (χ4n) is 3.93. The summed E-state index contributed by atoms with van der Waals surface area (Å²) in [6.45, 7) is 4.96. The molecule has 8 nitrogen and oxygen atoms in total. The van der Waals surface area contributed by atoms with E-state index in [1.54, 1.807) is 0 Å². The van der Waals surface area contributed by atoms with Crippen molar-refractivity contribution in [2.45, 2.75) is 19.1 Å². The molecule has 1 fully saturated rings. The fraction of sp³-hybridized carbons (Fsp3) is 0.348. The molecule has 0 saturated carbocycles. The van der Waals surface area contributed by atoms with E-state index in [0.717, 1.165) is 18.7 Å². The number of ether oxygens (including phenoxy) is 2. The smallest absolute Gasteiger partial charge is 0.267 e. The predicted molar refractivity (Wildman–Crippen MR) is 113 cm³/mol. The van der Waals surface area contributed by atoms with Crippen molar-refractivity contribution in [1.82, 2.24) is 20.0 Å². The van der Waals surface area contributed by atoms with Gasteiger partial charge in [0, 0.05) is 31.7 Å². The minimum absolute atomic E-state index is 0.0247. The largest absolute Gasteiger partial charge is 0.485 e. The lowest BCUT2D eigenvalue weighted by Crippen LogP contribution is -2.54. The molecule has 2 atom stereocenters. The normalized spacial score (nSPS) is 19.8. The zero-order valence-corrected chi connectivity index (χ0v) is 17.3. The van der Waals surface area contributed by atoms with Crippen molar-refractivity contribution in [1.29, 1.82) is 0 Å². The van der Waals surface area contributed by atoms with Gasteiger partial charge in [0.05, 0.1) is 6.04 Å². The van der Waals surface area contributed by atoms with Gasteiger partial charge in [0.15, 0.2) is 11.5 Å². The molecule has 2 aromatic carbocycles. The third-order valence-electron chi connectivity index (χ3n) is 5.78. The molecule has 1 aromatic heterocycles. The van der Waals surface area contributed by atoms with E-state index in [0.29, 0.717) is 36.4 Å². The SMILES string of the molecule is C[C@@H](c1nnc(-c2ccccc2)o1)N1CCN(C(=O)[C@H]2COc3ccccc3O2)CC1. The second-order valence-corrected chi connectivity index (χ2v) is 7.71. The molecular weight excluding hydrogens is 396 g/mol. The van der Waals surface area contributed by atoms with Crippen LogP contribution in [0, 0.1) is 0 Å². The summed E-state index contributed by atoms with van der Waals surface area (Å²) in [5.41, 5.74) is 0.903. The van der Waals surface area contributed by atoms with Gasteiger partial charge in [-0.1, -0.05) is 30.3 Å². The molecule has 5 rings (SSSR count). The van der Waals surface area contributed by atoms with Gasteiger partial charge in [-0.25, -0.2) is 0 Å². The molecule has 1 saturated heterocycles. The summed E-state index contributed by atoms with van der Waals surface area (Å²) in [5, 5.41) is 8.43. The molecule has 1 amide bonds. The van der Waals surface area contributed by atoms with Crippen LogP contribution in [-0.2, 0) is 4.79 Å². The van der Waals surface area contributed by atoms with E-state index in [-0.39, 0.29) is 18.6 Å². The summed E-state index contributed by atoms with van der Waals surface area (Å²) in [6.07, 6.45) is -0.608. The number of piperazine rings is 1. The number of carbonyl (C=O) groups excluding carboxylic acids is 1. The van der Waals surface area contributed by atoms with Crippen molar-refractivity contribution in [3.05, 3.63) is 60.5 Å². The van der Waals surface area contributed by atoms with Gasteiger partial charge < -0.3 is 18.8 Å². The number of hydrogen-bond acceptors (Lipinski definition) is 7. The lowest BCUT2D eigenvalue weighted by atomic mass is 10.2. The van der Waals surface area contributed by atoms with Crippen LogP contribution in [0.25, 0.3) is 11.5 Å². The van der Waals surface area contributed by atoms with Crippen molar-refractivity contribution >= 4 is 5.91 Å². The molecule has 2 aliphatic rings. The molecule has 0 unspecified atom stereocenters. The van der Waals surface area contributed by atoms with E-state index in [9.17, 15) is 4.79 Å². The third-order valence-corrected chi connectivity index (χ3v) is 5.78. The van der Waals surface area contributed by atoms with Crippen LogP contribution in [-0.4, -0.2) is 64.8 Å². The molecule has 3 aromatic rings. The Hall–Kier alpha value is -3.39. The zero-order chi connectivity index (χ0) is 21.2. The first-order chi connectivity index (χ1) is 15.2. The average Bonchev–Trinajstić information content (AvgIpc) is 3.34. The Balaban J connectivity index is 1.18. The number of aromatic nitrogens is 2. The van der Waals surface area contributed by atoms with Crippen LogP contribution in [0.2, 0.25) is 0 Å². The monoisotopic (exact) mass is 420 g/mol. The van der Waals surface area contributed by atoms with Gasteiger partial charge >= 0.3 is 0 Å². The standard InChI is InChI=1S/C23H24N4O4/c1-16(21-24-25-22(31-21)17-7-3-2-4-8-17)26-11-13-27(14-12-26)23(28)20-15-29-18-9-5-6-10-19(18)30-20/h2-10,16,20H,11-15H2,1H3/t16-,20+/m0/s1. The number of fused-ring (bicyclic) bond motifs is 1. The van der Waals surface area contributed by atoms with E-state index >= 15 is 0 Å². The molecule has 2 aliphatic heterocycles. The number of para-hydroxylation sites is 2. The van der Waals surface area contributed by atoms with Crippen LogP contribution < -0.4 is 9.47 Å². The number of amides is 1. The highest BCUT2D eigenvalue weighted by molar-refractivity contribution is 5.82. The van der Waals surface area contributed by atoms with Crippen LogP contribution >= 0.6 is 0 Å². The van der Waals surface area contributed by atoms with E-state index < -0.39 is 6.10 Å². The maximum Gasteiger partial charge on any atom is 0.267 e. The Labute approximate surface area is 180 Å². The Kier molecular flexibility index (Phi) is 5.30. The van der Waals surface area contributed by atoms with Gasteiger partial charge in [-0.05, 0) is 31.2 Å². The maximum atomic E-state index is 12.9. The number of hydrogen-bond donors (Lipinski definition) is 0. The topological polar surface area (TPSA) is 80.9 Å². The summed E-state index contributed by atoms with van der Waals surface area (Å²) in [7, 11) is 0. The van der Waals surface area contributed by atoms with Crippen LogP contribution in [0.5, 0.6) is 11.5 Å². The van der Waals surface area contributed by atoms with E-state index in [1.807, 2.05) is 59.5 Å². The molecule has 0 bridgehead atoms. The summed E-state index contributed by atoms with van der Waals surface area (Å²) in [6, 6.07) is 17.1. The van der Waals surface area contributed by atoms with E-state index in [1.165, 1.54) is 0 Å². The lowest BCUT2D eigenvalue weighted by molar-refractivity contribution is -0.143. The summed E-state index contributed by atoms with van der Waals surface area (Å²) in [4.78, 5) is 17.0. The van der Waals surface area contributed by atoms with Crippen LogP contribution in [0.3, 0.4) is 0 Å². The highest BCUT2D eigenvalue weighted by atomic mass is 16.6. The van der Waals surface area contributed by atoms with E-state index in [2.05, 4.69) is 22.0 Å². The second-order valence-electron chi connectivity index (χ2n) is 7.71. The molecule has 0 spiro atoms. The zero-order valence-electron chi connectivity index (χ0n) is 17.3. The van der Waals surface area contributed by atoms with Crippen molar-refractivity contribution in [3.63, 3.8) is 0 Å². The van der Waals surface area contributed by atoms with Crippen molar-refractivity contribution < 1.29 is 18.7 Å². The summed E-state index contributed by atoms with van der Waals surface area (Å²) >= 11 is 0. The highest BCUT2D eigenvalue weighted by Crippen LogP contribution is 2.31. The number of nitrogens with zero attached hydrogens (tertiary/aromatic N) is 4. The van der Waals surface area contributed by atoms with Crippen molar-refractivity contribution in [2.24, 2.45) is 0 Å². The minimum atomic E-state index is -0.608. The molecule has 0 radical (unpaired) electrons. The molecule has 8 heteroatoms. The number of rotatable bonds is 4. The predicted octanol–water partition coefficient (Wildman–Crippen LogP) is 2.78. The molecular formula is C23H24N4O4. The van der Waals surface area contributed by atoms with Crippen LogP contribution in [0.1, 0.15) is 18.9 Å². The molecule has 31 heavy (non-hydrogen) atoms. The first kappa shape index (κ1) is 19.6. The minimum Gasteiger partial charge on any atom is -0.485 e. The van der Waals surface area contributed by atoms with Crippen molar-refractivity contribution in [3.8, 4) is 23.0 Å². The third kappa shape index (κ3) is 3.98. The molecule has 3 heterocycles. The first-order valence-electron chi connectivity index (χ1n) is 10.5. The summed E-state index contributed by atoms with van der Waals surface area (Å²) in [5.74, 6) is 2.36. The Morgan fingerprint density at radius 1 is 0.968 bits per heavy atom. The summed E-state index contributed by atoms with van der Waals surface area (Å²) < 4.78 is 17.5. The van der Waals surface area contributed by atoms with Gasteiger partial charge in [-0.15, -0.1) is 10.2 Å². The fourth-order valence-corrected chi connectivity index (χ4v) is 3.93. The van der Waals surface area contributed by atoms with Crippen LogP contribution in [0.15, 0.2) is 59.0 Å². The Bertz CT molecular complexity index is 1050. The lowest BCUT2D eigenvalue weighted by Gasteiger charge is -2.38. The number of carbonyl (C=O) groups is 1.